The van der Waals surface area contributed by atoms with Crippen molar-refractivity contribution in [1.29, 1.82) is 0 Å². The van der Waals surface area contributed by atoms with Gasteiger partial charge in [-0.15, -0.1) is 0 Å². The molecule has 0 bridgehead atoms. The second kappa shape index (κ2) is 5.35. The van der Waals surface area contributed by atoms with Crippen LogP contribution < -0.4 is 0 Å². The molecule has 2 heteroatoms. The molecule has 0 aliphatic heterocycles. The Kier molecular flexibility index (Phi) is 4.10. The van der Waals surface area contributed by atoms with Crippen LogP contribution in [0.1, 0.15) is 18.1 Å². The van der Waals surface area contributed by atoms with E-state index in [1.807, 2.05) is 14.0 Å². The largest absolute Gasteiger partial charge is 0.359 e. The summed E-state index contributed by atoms with van der Waals surface area (Å²) < 4.78 is 0. The van der Waals surface area contributed by atoms with E-state index in [9.17, 15) is 0 Å². The summed E-state index contributed by atoms with van der Waals surface area (Å²) in [6.45, 7) is 8.54. The number of hydrogen-bond donors (Lipinski definition) is 0. The van der Waals surface area contributed by atoms with Crippen LogP contribution in [-0.2, 0) is 6.54 Å². The van der Waals surface area contributed by atoms with Crippen molar-refractivity contribution >= 4 is 5.84 Å². The lowest BCUT2D eigenvalue weighted by Crippen LogP contribution is -2.23. The average Bonchev–Trinajstić information content (AvgIpc) is 2.22. The molecule has 1 rings (SSSR count). The van der Waals surface area contributed by atoms with Crippen molar-refractivity contribution in [1.82, 2.24) is 4.90 Å². The molecule has 15 heavy (non-hydrogen) atoms. The summed E-state index contributed by atoms with van der Waals surface area (Å²) in [6.07, 6.45) is 1.57. The average molecular weight is 202 g/mol. The van der Waals surface area contributed by atoms with Crippen molar-refractivity contribution < 1.29 is 0 Å². The summed E-state index contributed by atoms with van der Waals surface area (Å²) >= 11 is 0. The van der Waals surface area contributed by atoms with Gasteiger partial charge in [-0.3, -0.25) is 0 Å². The molecule has 0 amide bonds. The monoisotopic (exact) mass is 202 g/mol. The Balaban J connectivity index is 2.66. The molecule has 1 aromatic rings. The molecule has 0 aliphatic carbocycles. The van der Waals surface area contributed by atoms with Crippen LogP contribution in [0.2, 0.25) is 0 Å². The molecule has 0 saturated heterocycles. The molecule has 0 heterocycles. The zero-order valence-corrected chi connectivity index (χ0v) is 9.70. The van der Waals surface area contributed by atoms with E-state index in [4.69, 9.17) is 0 Å². The number of amidine groups is 1. The normalized spacial score (nSPS) is 11.3. The number of aliphatic imine (C=N–C) groups is 1. The van der Waals surface area contributed by atoms with Crippen LogP contribution in [0.3, 0.4) is 0 Å². The highest BCUT2D eigenvalue weighted by Crippen LogP contribution is 2.06. The molecular weight excluding hydrogens is 184 g/mol. The third-order valence-electron chi connectivity index (χ3n) is 2.37. The summed E-state index contributed by atoms with van der Waals surface area (Å²) in [5.41, 5.74) is 2.58. The van der Waals surface area contributed by atoms with E-state index in [1.165, 1.54) is 11.1 Å². The van der Waals surface area contributed by atoms with Crippen LogP contribution in [-0.4, -0.2) is 17.8 Å². The van der Waals surface area contributed by atoms with Gasteiger partial charge in [0.25, 0.3) is 0 Å². The fraction of sp³-hybridized carbons (Fsp3) is 0.308. The van der Waals surface area contributed by atoms with Crippen molar-refractivity contribution in [3.63, 3.8) is 0 Å². The predicted octanol–water partition coefficient (Wildman–Crippen LogP) is 2.99. The zero-order chi connectivity index (χ0) is 11.3. The predicted molar refractivity (Wildman–Crippen MR) is 66.0 cm³/mol. The minimum atomic E-state index is 0.878. The second-order valence-corrected chi connectivity index (χ2v) is 3.70. The second-order valence-electron chi connectivity index (χ2n) is 3.70. The van der Waals surface area contributed by atoms with Gasteiger partial charge in [0.05, 0.1) is 0 Å². The molecule has 0 aromatic heterocycles. The summed E-state index contributed by atoms with van der Waals surface area (Å²) in [4.78, 5) is 6.25. The number of hydrogen-bond acceptors (Lipinski definition) is 1. The zero-order valence-electron chi connectivity index (χ0n) is 9.70. The quantitative estimate of drug-likeness (QED) is 0.543. The van der Waals surface area contributed by atoms with Crippen LogP contribution in [0, 0.1) is 6.92 Å². The molecule has 0 N–H and O–H groups in total. The van der Waals surface area contributed by atoms with Gasteiger partial charge in [0, 0.05) is 19.8 Å². The first-order chi connectivity index (χ1) is 7.13. The Morgan fingerprint density at radius 3 is 2.53 bits per heavy atom. The van der Waals surface area contributed by atoms with Gasteiger partial charge in [-0.05, 0) is 19.4 Å². The van der Waals surface area contributed by atoms with Crippen molar-refractivity contribution in [2.75, 3.05) is 7.05 Å². The van der Waals surface area contributed by atoms with E-state index < -0.39 is 0 Å². The van der Waals surface area contributed by atoms with Crippen LogP contribution in [0.5, 0.6) is 0 Å². The fourth-order valence-corrected chi connectivity index (χ4v) is 1.31. The first kappa shape index (κ1) is 11.5. The maximum atomic E-state index is 4.14. The molecule has 0 saturated carbocycles. The Labute approximate surface area is 92.0 Å². The van der Waals surface area contributed by atoms with E-state index in [-0.39, 0.29) is 0 Å². The number of aryl methyl sites for hydroxylation is 1. The summed E-state index contributed by atoms with van der Waals surface area (Å²) in [7, 11) is 2.03. The van der Waals surface area contributed by atoms with Gasteiger partial charge in [0.15, 0.2) is 0 Å². The van der Waals surface area contributed by atoms with Gasteiger partial charge < -0.3 is 4.90 Å². The van der Waals surface area contributed by atoms with E-state index in [0.717, 1.165) is 12.4 Å². The van der Waals surface area contributed by atoms with Crippen LogP contribution in [0.15, 0.2) is 42.0 Å². The number of nitrogens with zero attached hydrogens (tertiary/aromatic N) is 2. The Hall–Kier alpha value is -1.57. The van der Waals surface area contributed by atoms with Gasteiger partial charge in [-0.25, -0.2) is 4.99 Å². The lowest BCUT2D eigenvalue weighted by molar-refractivity contribution is 0.497. The topological polar surface area (TPSA) is 15.6 Å². The minimum absolute atomic E-state index is 0.878. The van der Waals surface area contributed by atoms with E-state index >= 15 is 0 Å². The Morgan fingerprint density at radius 2 is 2.00 bits per heavy atom. The van der Waals surface area contributed by atoms with E-state index in [1.54, 1.807) is 6.20 Å². The summed E-state index contributed by atoms with van der Waals surface area (Å²) in [5.74, 6) is 0.977. The molecule has 0 radical (unpaired) electrons. The fourth-order valence-electron chi connectivity index (χ4n) is 1.31. The summed E-state index contributed by atoms with van der Waals surface area (Å²) in [5, 5.41) is 0. The number of benzene rings is 1. The molecule has 0 unspecified atom stereocenters. The SMILES string of the molecule is C=C/N=C(/C)N(C)Cc1ccc(C)cc1. The number of rotatable bonds is 3. The maximum absolute atomic E-state index is 4.14. The van der Waals surface area contributed by atoms with Gasteiger partial charge in [-0.1, -0.05) is 36.4 Å². The van der Waals surface area contributed by atoms with Crippen LogP contribution in [0.25, 0.3) is 0 Å². The molecule has 2 nitrogen and oxygen atoms in total. The highest BCUT2D eigenvalue weighted by molar-refractivity contribution is 5.79. The first-order valence-electron chi connectivity index (χ1n) is 5.05. The third-order valence-corrected chi connectivity index (χ3v) is 2.37. The molecule has 80 valence electrons. The smallest absolute Gasteiger partial charge is 0.101 e. The van der Waals surface area contributed by atoms with Crippen molar-refractivity contribution in [3.8, 4) is 0 Å². The highest BCUT2D eigenvalue weighted by atomic mass is 15.1. The van der Waals surface area contributed by atoms with E-state index in [2.05, 4.69) is 47.7 Å². The minimum Gasteiger partial charge on any atom is -0.359 e. The van der Waals surface area contributed by atoms with E-state index in [0.29, 0.717) is 0 Å². The maximum Gasteiger partial charge on any atom is 0.101 e. The lowest BCUT2D eigenvalue weighted by Gasteiger charge is -2.18. The Bertz CT molecular complexity index is 349. The van der Waals surface area contributed by atoms with Gasteiger partial charge in [0.2, 0.25) is 0 Å². The van der Waals surface area contributed by atoms with Crippen molar-refractivity contribution in [2.24, 2.45) is 4.99 Å². The molecule has 1 aromatic carbocycles. The van der Waals surface area contributed by atoms with Gasteiger partial charge in [0.1, 0.15) is 5.84 Å². The van der Waals surface area contributed by atoms with Gasteiger partial charge in [-0.2, -0.15) is 0 Å². The van der Waals surface area contributed by atoms with Gasteiger partial charge >= 0.3 is 0 Å². The van der Waals surface area contributed by atoms with Crippen LogP contribution in [0.4, 0.5) is 0 Å². The first-order valence-corrected chi connectivity index (χ1v) is 5.05. The third kappa shape index (κ3) is 3.58. The molecule has 0 atom stereocenters. The standard InChI is InChI=1S/C13H18N2/c1-5-14-12(3)15(4)10-13-8-6-11(2)7-9-13/h5-9H,1,10H2,2-4H3/b14-12-. The summed E-state index contributed by atoms with van der Waals surface area (Å²) in [6, 6.07) is 8.55. The van der Waals surface area contributed by atoms with Crippen molar-refractivity contribution in [3.05, 3.63) is 48.2 Å². The van der Waals surface area contributed by atoms with Crippen molar-refractivity contribution in [2.45, 2.75) is 20.4 Å². The molecule has 0 fully saturated rings. The Morgan fingerprint density at radius 1 is 1.40 bits per heavy atom. The lowest BCUT2D eigenvalue weighted by atomic mass is 10.1. The highest BCUT2D eigenvalue weighted by Gasteiger charge is 2.00. The van der Waals surface area contributed by atoms with Crippen LogP contribution >= 0.6 is 0 Å². The molecular formula is C13H18N2. The molecule has 0 aliphatic rings. The molecule has 0 spiro atoms.